The van der Waals surface area contributed by atoms with E-state index in [1.54, 1.807) is 17.9 Å². The fraction of sp³-hybridized carbons (Fsp3) is 0.481. The normalized spacial score (nSPS) is 15.1. The molecule has 1 unspecified atom stereocenters. The first-order valence-electron chi connectivity index (χ1n) is 12.0. The molecule has 7 heteroatoms. The lowest BCUT2D eigenvalue weighted by molar-refractivity contribution is -0.142. The highest BCUT2D eigenvalue weighted by atomic mass is 79.9. The van der Waals surface area contributed by atoms with Crippen LogP contribution in [0, 0.1) is 0 Å². The molecule has 3 rings (SSSR count). The van der Waals surface area contributed by atoms with Gasteiger partial charge in [-0.05, 0) is 70.9 Å². The predicted molar refractivity (Wildman–Crippen MR) is 140 cm³/mol. The van der Waals surface area contributed by atoms with Crippen LogP contribution in [0.4, 0.5) is 0 Å². The average molecular weight is 550 g/mol. The number of ether oxygens (including phenoxy) is 1. The van der Waals surface area contributed by atoms with E-state index in [0.717, 1.165) is 35.7 Å². The van der Waals surface area contributed by atoms with Crippen molar-refractivity contribution in [2.45, 2.75) is 77.4 Å². The van der Waals surface area contributed by atoms with E-state index >= 15 is 0 Å². The molecule has 0 bridgehead atoms. The number of carbonyl (C=O) groups is 2. The number of hydrogen-bond donors (Lipinski definition) is 1. The summed E-state index contributed by atoms with van der Waals surface area (Å²) < 4.78 is 6.66. The van der Waals surface area contributed by atoms with Gasteiger partial charge in [0.05, 0.1) is 4.47 Å². The molecular formula is C27H34BrClN2O3. The molecule has 0 saturated heterocycles. The molecule has 2 aromatic carbocycles. The van der Waals surface area contributed by atoms with E-state index in [4.69, 9.17) is 16.3 Å². The number of halogens is 2. The third-order valence-electron chi connectivity index (χ3n) is 6.39. The Morgan fingerprint density at radius 1 is 1.12 bits per heavy atom. The molecule has 1 N–H and O–H groups in total. The molecular weight excluding hydrogens is 516 g/mol. The van der Waals surface area contributed by atoms with E-state index in [2.05, 4.69) is 35.1 Å². The molecule has 2 aromatic rings. The molecule has 34 heavy (non-hydrogen) atoms. The zero-order chi connectivity index (χ0) is 24.7. The summed E-state index contributed by atoms with van der Waals surface area (Å²) in [6.07, 6.45) is 5.44. The van der Waals surface area contributed by atoms with Crippen LogP contribution in [0.1, 0.15) is 69.9 Å². The zero-order valence-corrected chi connectivity index (χ0v) is 22.5. The van der Waals surface area contributed by atoms with Crippen molar-refractivity contribution >= 4 is 39.3 Å². The van der Waals surface area contributed by atoms with Crippen molar-refractivity contribution < 1.29 is 14.3 Å². The summed E-state index contributed by atoms with van der Waals surface area (Å²) in [7, 11) is 0. The highest BCUT2D eigenvalue weighted by Gasteiger charge is 2.29. The van der Waals surface area contributed by atoms with E-state index in [9.17, 15) is 9.59 Å². The molecule has 0 heterocycles. The van der Waals surface area contributed by atoms with Crippen LogP contribution in [0.25, 0.3) is 0 Å². The summed E-state index contributed by atoms with van der Waals surface area (Å²) in [5.74, 6) is 0.567. The van der Waals surface area contributed by atoms with Gasteiger partial charge in [-0.1, -0.05) is 69.0 Å². The summed E-state index contributed by atoms with van der Waals surface area (Å²) in [5, 5.41) is 3.70. The second-order valence-electron chi connectivity index (χ2n) is 9.27. The zero-order valence-electron chi connectivity index (χ0n) is 20.2. The van der Waals surface area contributed by atoms with E-state index in [1.807, 2.05) is 36.4 Å². The van der Waals surface area contributed by atoms with Crippen LogP contribution < -0.4 is 10.1 Å². The van der Waals surface area contributed by atoms with Crippen molar-refractivity contribution in [2.24, 2.45) is 0 Å². The van der Waals surface area contributed by atoms with Crippen LogP contribution in [-0.2, 0) is 16.1 Å². The lowest BCUT2D eigenvalue weighted by Gasteiger charge is -2.31. The van der Waals surface area contributed by atoms with Gasteiger partial charge in [0.2, 0.25) is 5.91 Å². The van der Waals surface area contributed by atoms with Crippen LogP contribution in [0.2, 0.25) is 5.02 Å². The largest absolute Gasteiger partial charge is 0.483 e. The number of nitrogens with one attached hydrogen (secondary N) is 1. The van der Waals surface area contributed by atoms with Gasteiger partial charge in [0, 0.05) is 17.6 Å². The van der Waals surface area contributed by atoms with Gasteiger partial charge in [0.1, 0.15) is 11.8 Å². The van der Waals surface area contributed by atoms with Gasteiger partial charge in [0.15, 0.2) is 6.61 Å². The standard InChI is InChI=1S/C27H34BrClN2O3/c1-18(2)20-13-14-25(23(28)15-20)34-17-26(32)31(16-21-9-7-8-12-24(21)29)19(3)27(33)30-22-10-5-4-6-11-22/h7-9,12-15,18-19,22H,4-6,10-11,16-17H2,1-3H3,(H,30,33). The Morgan fingerprint density at radius 2 is 1.82 bits per heavy atom. The molecule has 0 aliphatic heterocycles. The third-order valence-corrected chi connectivity index (χ3v) is 7.38. The Balaban J connectivity index is 1.73. The van der Waals surface area contributed by atoms with Gasteiger partial charge in [-0.3, -0.25) is 9.59 Å². The Kier molecular flexibility index (Phi) is 9.84. The summed E-state index contributed by atoms with van der Waals surface area (Å²) >= 11 is 9.91. The van der Waals surface area contributed by atoms with E-state index in [0.29, 0.717) is 16.7 Å². The minimum Gasteiger partial charge on any atom is -0.483 e. The number of hydrogen-bond acceptors (Lipinski definition) is 3. The number of amides is 2. The van der Waals surface area contributed by atoms with Gasteiger partial charge in [-0.15, -0.1) is 0 Å². The van der Waals surface area contributed by atoms with Crippen molar-refractivity contribution in [1.29, 1.82) is 0 Å². The maximum absolute atomic E-state index is 13.3. The fourth-order valence-corrected chi connectivity index (χ4v) is 4.88. The Morgan fingerprint density at radius 3 is 2.47 bits per heavy atom. The summed E-state index contributed by atoms with van der Waals surface area (Å²) in [6, 6.07) is 12.8. The Labute approximate surface area is 216 Å². The number of nitrogens with zero attached hydrogens (tertiary/aromatic N) is 1. The predicted octanol–water partition coefficient (Wildman–Crippen LogP) is 6.47. The molecule has 2 amide bonds. The maximum atomic E-state index is 13.3. The first kappa shape index (κ1) is 26.6. The summed E-state index contributed by atoms with van der Waals surface area (Å²) in [5.41, 5.74) is 1.97. The molecule has 1 aliphatic rings. The van der Waals surface area contributed by atoms with Crippen LogP contribution in [-0.4, -0.2) is 35.4 Å². The Hall–Kier alpha value is -2.05. The van der Waals surface area contributed by atoms with Gasteiger partial charge in [0.25, 0.3) is 5.91 Å². The summed E-state index contributed by atoms with van der Waals surface area (Å²) in [4.78, 5) is 27.9. The van der Waals surface area contributed by atoms with Crippen molar-refractivity contribution in [3.63, 3.8) is 0 Å². The van der Waals surface area contributed by atoms with Crippen molar-refractivity contribution in [3.8, 4) is 5.75 Å². The number of benzene rings is 2. The molecule has 1 saturated carbocycles. The van der Waals surface area contributed by atoms with Crippen molar-refractivity contribution in [3.05, 3.63) is 63.1 Å². The number of carbonyl (C=O) groups excluding carboxylic acids is 2. The van der Waals surface area contributed by atoms with Crippen molar-refractivity contribution in [2.75, 3.05) is 6.61 Å². The highest BCUT2D eigenvalue weighted by Crippen LogP contribution is 2.29. The van der Waals surface area contributed by atoms with E-state index in [-0.39, 0.29) is 31.0 Å². The molecule has 0 aromatic heterocycles. The lowest BCUT2D eigenvalue weighted by atomic mass is 9.95. The van der Waals surface area contributed by atoms with Crippen LogP contribution in [0.3, 0.4) is 0 Å². The number of rotatable bonds is 9. The minimum absolute atomic E-state index is 0.144. The van der Waals surface area contributed by atoms with Crippen LogP contribution in [0.5, 0.6) is 5.75 Å². The van der Waals surface area contributed by atoms with Gasteiger partial charge < -0.3 is 15.0 Å². The molecule has 0 spiro atoms. The lowest BCUT2D eigenvalue weighted by Crippen LogP contribution is -2.51. The first-order chi connectivity index (χ1) is 16.3. The van der Waals surface area contributed by atoms with Gasteiger partial charge in [-0.25, -0.2) is 0 Å². The monoisotopic (exact) mass is 548 g/mol. The maximum Gasteiger partial charge on any atom is 0.261 e. The van der Waals surface area contributed by atoms with Crippen molar-refractivity contribution in [1.82, 2.24) is 10.2 Å². The third kappa shape index (κ3) is 7.22. The van der Waals surface area contributed by atoms with Crippen LogP contribution in [0.15, 0.2) is 46.9 Å². The Bertz CT molecular complexity index is 992. The van der Waals surface area contributed by atoms with Gasteiger partial charge in [-0.2, -0.15) is 0 Å². The molecule has 1 fully saturated rings. The molecule has 0 radical (unpaired) electrons. The minimum atomic E-state index is -0.652. The summed E-state index contributed by atoms with van der Waals surface area (Å²) in [6.45, 7) is 6.07. The molecule has 1 aliphatic carbocycles. The van der Waals surface area contributed by atoms with Gasteiger partial charge >= 0.3 is 0 Å². The second kappa shape index (κ2) is 12.6. The molecule has 184 valence electrons. The van der Waals surface area contributed by atoms with Crippen LogP contribution >= 0.6 is 27.5 Å². The smallest absolute Gasteiger partial charge is 0.261 e. The van der Waals surface area contributed by atoms with E-state index < -0.39 is 6.04 Å². The molecule has 5 nitrogen and oxygen atoms in total. The first-order valence-corrected chi connectivity index (χ1v) is 13.2. The SMILES string of the molecule is CC(C)c1ccc(OCC(=O)N(Cc2ccccc2Cl)C(C)C(=O)NC2CCCCC2)c(Br)c1. The topological polar surface area (TPSA) is 58.6 Å². The average Bonchev–Trinajstić information content (AvgIpc) is 2.82. The fourth-order valence-electron chi connectivity index (χ4n) is 4.18. The van der Waals surface area contributed by atoms with E-state index in [1.165, 1.54) is 12.0 Å². The quantitative estimate of drug-likeness (QED) is 0.390. The second-order valence-corrected chi connectivity index (χ2v) is 10.5. The molecule has 1 atom stereocenters. The highest BCUT2D eigenvalue weighted by molar-refractivity contribution is 9.10.